The maximum absolute atomic E-state index is 13.4. The molecule has 0 aliphatic rings. The highest BCUT2D eigenvalue weighted by Crippen LogP contribution is 2.30. The van der Waals surface area contributed by atoms with Gasteiger partial charge in [0.1, 0.15) is 0 Å². The van der Waals surface area contributed by atoms with Gasteiger partial charge in [-0.2, -0.15) is 18.6 Å². The molecule has 0 fully saturated rings. The Morgan fingerprint density at radius 3 is 2.23 bits per heavy atom. The first-order valence-electron chi connectivity index (χ1n) is 6.31. The van der Waals surface area contributed by atoms with Crippen molar-refractivity contribution in [3.63, 3.8) is 0 Å². The summed E-state index contributed by atoms with van der Waals surface area (Å²) in [6, 6.07) is 7.80. The van der Waals surface area contributed by atoms with Crippen molar-refractivity contribution in [1.29, 1.82) is 0 Å². The number of para-hydroxylation sites is 1. The highest BCUT2D eigenvalue weighted by molar-refractivity contribution is 5.88. The van der Waals surface area contributed by atoms with Crippen LogP contribution in [0.25, 0.3) is 0 Å². The van der Waals surface area contributed by atoms with E-state index in [4.69, 9.17) is 0 Å². The Bertz CT molecular complexity index is 522. The molecule has 0 spiro atoms. The lowest BCUT2D eigenvalue weighted by Crippen LogP contribution is -2.73. The Hall–Kier alpha value is -2.29. The molecule has 9 heteroatoms. The number of methoxy groups -OCH3 is 1. The molecule has 22 heavy (non-hydrogen) atoms. The van der Waals surface area contributed by atoms with Crippen LogP contribution in [0.4, 0.5) is 18.9 Å². The standard InChI is InChI=1S/C13H16F3N3O3/c1-3-10(20)17-12(11(21)22-2,13(14,15)16)19-18-9-7-5-4-6-8-9/h4-8,18-19H,3H2,1-2H3,(H,17,20)/t12-/m0/s1. The predicted molar refractivity (Wildman–Crippen MR) is 72.4 cm³/mol. The van der Waals surface area contributed by atoms with Gasteiger partial charge in [0.15, 0.2) is 0 Å². The summed E-state index contributed by atoms with van der Waals surface area (Å²) < 4.78 is 44.4. The van der Waals surface area contributed by atoms with Gasteiger partial charge in [-0.25, -0.2) is 4.79 Å². The molecule has 1 atom stereocenters. The molecule has 122 valence electrons. The SMILES string of the molecule is CCC(=O)N[C@](NNc1ccccc1)(C(=O)OC)C(F)(F)F. The summed E-state index contributed by atoms with van der Waals surface area (Å²) in [5, 5.41) is 1.63. The van der Waals surface area contributed by atoms with Crippen molar-refractivity contribution in [1.82, 2.24) is 10.7 Å². The Morgan fingerprint density at radius 1 is 1.18 bits per heavy atom. The third kappa shape index (κ3) is 3.88. The second-order valence-electron chi connectivity index (χ2n) is 4.26. The Morgan fingerprint density at radius 2 is 1.77 bits per heavy atom. The lowest BCUT2D eigenvalue weighted by molar-refractivity contribution is -0.219. The quantitative estimate of drug-likeness (QED) is 0.421. The number of amides is 1. The fourth-order valence-electron chi connectivity index (χ4n) is 1.53. The number of esters is 1. The normalized spacial score (nSPS) is 13.9. The van der Waals surface area contributed by atoms with Crippen molar-refractivity contribution in [2.75, 3.05) is 12.5 Å². The molecular weight excluding hydrogens is 303 g/mol. The third-order valence-electron chi connectivity index (χ3n) is 2.73. The number of hydrogen-bond acceptors (Lipinski definition) is 5. The monoisotopic (exact) mass is 319 g/mol. The van der Waals surface area contributed by atoms with Crippen LogP contribution in [-0.4, -0.2) is 30.8 Å². The molecule has 3 N–H and O–H groups in total. The number of anilines is 1. The van der Waals surface area contributed by atoms with E-state index in [0.29, 0.717) is 0 Å². The summed E-state index contributed by atoms with van der Waals surface area (Å²) in [4.78, 5) is 23.1. The number of carbonyl (C=O) groups is 2. The van der Waals surface area contributed by atoms with Crippen LogP contribution in [0.1, 0.15) is 13.3 Å². The molecule has 1 rings (SSSR count). The summed E-state index contributed by atoms with van der Waals surface area (Å²) >= 11 is 0. The first kappa shape index (κ1) is 17.8. The molecule has 1 amide bonds. The van der Waals surface area contributed by atoms with Crippen molar-refractivity contribution in [3.8, 4) is 0 Å². The van der Waals surface area contributed by atoms with Gasteiger partial charge in [-0.1, -0.05) is 25.1 Å². The molecule has 0 unspecified atom stereocenters. The van der Waals surface area contributed by atoms with Crippen molar-refractivity contribution in [2.24, 2.45) is 0 Å². The van der Waals surface area contributed by atoms with E-state index in [1.807, 2.05) is 5.43 Å². The van der Waals surface area contributed by atoms with Crippen molar-refractivity contribution in [2.45, 2.75) is 25.2 Å². The lowest BCUT2D eigenvalue weighted by atomic mass is 10.1. The van der Waals surface area contributed by atoms with E-state index in [2.05, 4.69) is 10.2 Å². The number of alkyl halides is 3. The summed E-state index contributed by atoms with van der Waals surface area (Å²) in [6.07, 6.45) is -5.37. The zero-order valence-electron chi connectivity index (χ0n) is 12.0. The van der Waals surface area contributed by atoms with Gasteiger partial charge in [0, 0.05) is 12.1 Å². The number of halogens is 3. The second-order valence-corrected chi connectivity index (χ2v) is 4.26. The number of rotatable bonds is 6. The molecule has 0 aromatic heterocycles. The van der Waals surface area contributed by atoms with Crippen LogP contribution in [-0.2, 0) is 14.3 Å². The molecule has 0 saturated carbocycles. The fraction of sp³-hybridized carbons (Fsp3) is 0.385. The van der Waals surface area contributed by atoms with E-state index in [-0.39, 0.29) is 12.1 Å². The van der Waals surface area contributed by atoms with Crippen molar-refractivity contribution in [3.05, 3.63) is 30.3 Å². The van der Waals surface area contributed by atoms with Crippen LogP contribution in [0.15, 0.2) is 30.3 Å². The van der Waals surface area contributed by atoms with Crippen LogP contribution in [0.3, 0.4) is 0 Å². The number of carbonyl (C=O) groups excluding carboxylic acids is 2. The van der Waals surface area contributed by atoms with Gasteiger partial charge >= 0.3 is 17.8 Å². The number of hydrazine groups is 1. The van der Waals surface area contributed by atoms with E-state index in [0.717, 1.165) is 7.11 Å². The van der Waals surface area contributed by atoms with Crippen LogP contribution in [0.2, 0.25) is 0 Å². The Kier molecular flexibility index (Phi) is 5.75. The fourth-order valence-corrected chi connectivity index (χ4v) is 1.53. The maximum atomic E-state index is 13.4. The van der Waals surface area contributed by atoms with Gasteiger partial charge < -0.3 is 15.5 Å². The third-order valence-corrected chi connectivity index (χ3v) is 2.73. The molecule has 0 radical (unpaired) electrons. The van der Waals surface area contributed by atoms with Gasteiger partial charge in [0.25, 0.3) is 0 Å². The number of hydrogen-bond donors (Lipinski definition) is 3. The van der Waals surface area contributed by atoms with E-state index >= 15 is 0 Å². The highest BCUT2D eigenvalue weighted by atomic mass is 19.4. The number of nitrogens with one attached hydrogen (secondary N) is 3. The van der Waals surface area contributed by atoms with Crippen LogP contribution in [0, 0.1) is 0 Å². The topological polar surface area (TPSA) is 79.5 Å². The average Bonchev–Trinajstić information content (AvgIpc) is 2.50. The predicted octanol–water partition coefficient (Wildman–Crippen LogP) is 1.56. The van der Waals surface area contributed by atoms with E-state index in [1.165, 1.54) is 19.1 Å². The highest BCUT2D eigenvalue weighted by Gasteiger charge is 2.63. The molecule has 0 aliphatic carbocycles. The summed E-state index contributed by atoms with van der Waals surface area (Å²) in [5.41, 5.74) is 0.946. The minimum Gasteiger partial charge on any atom is -0.466 e. The minimum atomic E-state index is -5.13. The average molecular weight is 319 g/mol. The zero-order valence-corrected chi connectivity index (χ0v) is 12.0. The Labute approximate surface area is 125 Å². The summed E-state index contributed by atoms with van der Waals surface area (Å²) in [6.45, 7) is 1.36. The largest absolute Gasteiger partial charge is 0.466 e. The first-order chi connectivity index (χ1) is 10.3. The molecule has 0 aliphatic heterocycles. The van der Waals surface area contributed by atoms with Crippen molar-refractivity contribution >= 4 is 17.6 Å². The van der Waals surface area contributed by atoms with Crippen LogP contribution < -0.4 is 16.2 Å². The van der Waals surface area contributed by atoms with Gasteiger partial charge in [0.05, 0.1) is 7.11 Å². The van der Waals surface area contributed by atoms with Gasteiger partial charge in [0.2, 0.25) is 5.91 Å². The van der Waals surface area contributed by atoms with Gasteiger partial charge in [-0.15, -0.1) is 0 Å². The van der Waals surface area contributed by atoms with E-state index in [1.54, 1.807) is 23.5 Å². The van der Waals surface area contributed by atoms with Crippen molar-refractivity contribution < 1.29 is 27.5 Å². The first-order valence-corrected chi connectivity index (χ1v) is 6.31. The smallest absolute Gasteiger partial charge is 0.438 e. The number of ether oxygens (including phenoxy) is 1. The van der Waals surface area contributed by atoms with Gasteiger partial charge in [-0.3, -0.25) is 4.79 Å². The molecule has 0 saturated heterocycles. The van der Waals surface area contributed by atoms with Crippen LogP contribution in [0.5, 0.6) is 0 Å². The maximum Gasteiger partial charge on any atom is 0.438 e. The van der Waals surface area contributed by atoms with Gasteiger partial charge in [-0.05, 0) is 12.1 Å². The van der Waals surface area contributed by atoms with E-state index in [9.17, 15) is 22.8 Å². The number of benzene rings is 1. The Balaban J connectivity index is 3.12. The lowest BCUT2D eigenvalue weighted by Gasteiger charge is -2.34. The summed E-state index contributed by atoms with van der Waals surface area (Å²) in [5.74, 6) is -2.66. The van der Waals surface area contributed by atoms with Crippen LogP contribution >= 0.6 is 0 Å². The molecule has 0 heterocycles. The van der Waals surface area contributed by atoms with E-state index < -0.39 is 23.7 Å². The minimum absolute atomic E-state index is 0.234. The molecule has 6 nitrogen and oxygen atoms in total. The molecule has 1 aromatic rings. The molecule has 1 aromatic carbocycles. The molecular formula is C13H16F3N3O3. The zero-order chi connectivity index (χ0) is 16.8. The molecule has 0 bridgehead atoms. The second kappa shape index (κ2) is 7.12. The summed E-state index contributed by atoms with van der Waals surface area (Å²) in [7, 11) is 0.797.